The number of carbonyl (C=O) groups is 2. The van der Waals surface area contributed by atoms with E-state index in [9.17, 15) is 9.59 Å². The number of anilines is 1. The summed E-state index contributed by atoms with van der Waals surface area (Å²) in [4.78, 5) is 22.3. The number of ether oxygens (including phenoxy) is 1. The third-order valence-corrected chi connectivity index (χ3v) is 2.72. The van der Waals surface area contributed by atoms with E-state index in [-0.39, 0.29) is 6.03 Å². The van der Waals surface area contributed by atoms with Gasteiger partial charge >= 0.3 is 12.0 Å². The van der Waals surface area contributed by atoms with Crippen LogP contribution >= 0.6 is 0 Å². The Bertz CT molecular complexity index is 462. The number of carboxylic acids is 1. The molecule has 6 nitrogen and oxygen atoms in total. The highest BCUT2D eigenvalue weighted by Crippen LogP contribution is 2.23. The van der Waals surface area contributed by atoms with Crippen LogP contribution in [0.3, 0.4) is 0 Å². The Balaban J connectivity index is 2.44. The summed E-state index contributed by atoms with van der Waals surface area (Å²) >= 11 is 0. The standard InChI is InChI=1S/C14H20N2O4/c1-3-20-12-7-5-4-6-11(12)16-14(19)15-9-8-10(2)13(17)18/h4-7,10H,3,8-9H2,1-2H3,(H,17,18)(H2,15,16,19). The van der Waals surface area contributed by atoms with Gasteiger partial charge in [0.05, 0.1) is 18.2 Å². The molecule has 0 aliphatic rings. The van der Waals surface area contributed by atoms with Crippen LogP contribution in [0.4, 0.5) is 10.5 Å². The topological polar surface area (TPSA) is 87.7 Å². The number of nitrogens with one attached hydrogen (secondary N) is 2. The first-order valence-corrected chi connectivity index (χ1v) is 6.54. The minimum atomic E-state index is -0.867. The third kappa shape index (κ3) is 5.17. The molecule has 0 saturated heterocycles. The molecule has 0 saturated carbocycles. The number of amides is 2. The number of hydrogen-bond donors (Lipinski definition) is 3. The second-order valence-electron chi connectivity index (χ2n) is 4.34. The van der Waals surface area contributed by atoms with Crippen molar-refractivity contribution < 1.29 is 19.4 Å². The fraction of sp³-hybridized carbons (Fsp3) is 0.429. The van der Waals surface area contributed by atoms with Crippen LogP contribution in [0.25, 0.3) is 0 Å². The smallest absolute Gasteiger partial charge is 0.319 e. The van der Waals surface area contributed by atoms with Crippen LogP contribution in [0.2, 0.25) is 0 Å². The molecule has 110 valence electrons. The van der Waals surface area contributed by atoms with Gasteiger partial charge in [0.15, 0.2) is 0 Å². The van der Waals surface area contributed by atoms with Gasteiger partial charge in [-0.2, -0.15) is 0 Å². The third-order valence-electron chi connectivity index (χ3n) is 2.72. The Kier molecular flexibility index (Phi) is 6.36. The summed E-state index contributed by atoms with van der Waals surface area (Å²) in [5.74, 6) is -0.746. The predicted molar refractivity (Wildman–Crippen MR) is 76.0 cm³/mol. The molecule has 0 bridgehead atoms. The van der Waals surface area contributed by atoms with Gasteiger partial charge in [0.25, 0.3) is 0 Å². The minimum absolute atomic E-state index is 0.302. The fourth-order valence-electron chi connectivity index (χ4n) is 1.54. The molecule has 1 aromatic rings. The maximum Gasteiger partial charge on any atom is 0.319 e. The van der Waals surface area contributed by atoms with Gasteiger partial charge in [0.2, 0.25) is 0 Å². The van der Waals surface area contributed by atoms with E-state index in [1.807, 2.05) is 13.0 Å². The van der Waals surface area contributed by atoms with Crippen molar-refractivity contribution in [1.29, 1.82) is 0 Å². The molecule has 0 heterocycles. The average molecular weight is 280 g/mol. The second kappa shape index (κ2) is 8.04. The predicted octanol–water partition coefficient (Wildman–Crippen LogP) is 2.32. The molecule has 1 aromatic carbocycles. The lowest BCUT2D eigenvalue weighted by molar-refractivity contribution is -0.141. The van der Waals surface area contributed by atoms with Crippen molar-refractivity contribution in [1.82, 2.24) is 5.32 Å². The molecule has 0 fully saturated rings. The molecular weight excluding hydrogens is 260 g/mol. The highest BCUT2D eigenvalue weighted by molar-refractivity contribution is 5.90. The van der Waals surface area contributed by atoms with Crippen LogP contribution in [0.5, 0.6) is 5.75 Å². The normalized spacial score (nSPS) is 11.5. The lowest BCUT2D eigenvalue weighted by Crippen LogP contribution is -2.31. The number of hydrogen-bond acceptors (Lipinski definition) is 3. The van der Waals surface area contributed by atoms with Gasteiger partial charge in [-0.05, 0) is 25.5 Å². The number of benzene rings is 1. The lowest BCUT2D eigenvalue weighted by Gasteiger charge is -2.12. The van der Waals surface area contributed by atoms with Gasteiger partial charge < -0.3 is 20.5 Å². The van der Waals surface area contributed by atoms with E-state index in [1.54, 1.807) is 25.1 Å². The number of para-hydroxylation sites is 2. The molecule has 0 radical (unpaired) electrons. The minimum Gasteiger partial charge on any atom is -0.492 e. The van der Waals surface area contributed by atoms with Crippen LogP contribution in [0.1, 0.15) is 20.3 Å². The summed E-state index contributed by atoms with van der Waals surface area (Å²) in [7, 11) is 0. The maximum absolute atomic E-state index is 11.7. The molecule has 1 rings (SSSR count). The molecule has 6 heteroatoms. The molecule has 3 N–H and O–H groups in total. The van der Waals surface area contributed by atoms with Crippen LogP contribution in [0.15, 0.2) is 24.3 Å². The van der Waals surface area contributed by atoms with E-state index in [1.165, 1.54) is 0 Å². The van der Waals surface area contributed by atoms with Crippen LogP contribution in [-0.4, -0.2) is 30.3 Å². The lowest BCUT2D eigenvalue weighted by atomic mass is 10.1. The first kappa shape index (κ1) is 15.8. The SMILES string of the molecule is CCOc1ccccc1NC(=O)NCCC(C)C(=O)O. The first-order valence-electron chi connectivity index (χ1n) is 6.54. The van der Waals surface area contributed by atoms with E-state index in [0.29, 0.717) is 31.0 Å². The number of aliphatic carboxylic acids is 1. The van der Waals surface area contributed by atoms with Crippen molar-refractivity contribution in [2.45, 2.75) is 20.3 Å². The van der Waals surface area contributed by atoms with Gasteiger partial charge in [-0.25, -0.2) is 4.79 Å². The van der Waals surface area contributed by atoms with E-state index >= 15 is 0 Å². The highest BCUT2D eigenvalue weighted by atomic mass is 16.5. The monoisotopic (exact) mass is 280 g/mol. The molecule has 0 aromatic heterocycles. The zero-order chi connectivity index (χ0) is 15.0. The molecule has 20 heavy (non-hydrogen) atoms. The quantitative estimate of drug-likeness (QED) is 0.715. The first-order chi connectivity index (χ1) is 9.54. The summed E-state index contributed by atoms with van der Waals surface area (Å²) in [6, 6.07) is 6.75. The Morgan fingerprint density at radius 3 is 2.70 bits per heavy atom. The van der Waals surface area contributed by atoms with E-state index < -0.39 is 11.9 Å². The van der Waals surface area contributed by atoms with Gasteiger partial charge in [-0.15, -0.1) is 0 Å². The molecular formula is C14H20N2O4. The fourth-order valence-corrected chi connectivity index (χ4v) is 1.54. The molecule has 0 aliphatic carbocycles. The zero-order valence-corrected chi connectivity index (χ0v) is 11.7. The molecule has 1 atom stereocenters. The Morgan fingerprint density at radius 2 is 2.05 bits per heavy atom. The largest absolute Gasteiger partial charge is 0.492 e. The zero-order valence-electron chi connectivity index (χ0n) is 11.7. The van der Waals surface area contributed by atoms with Gasteiger partial charge in [-0.1, -0.05) is 19.1 Å². The summed E-state index contributed by atoms with van der Waals surface area (Å²) in [5.41, 5.74) is 0.582. The summed E-state index contributed by atoms with van der Waals surface area (Å²) in [5, 5.41) is 14.0. The summed E-state index contributed by atoms with van der Waals surface area (Å²) in [6.07, 6.45) is 0.385. The number of rotatable bonds is 7. The van der Waals surface area contributed by atoms with Crippen molar-refractivity contribution >= 4 is 17.7 Å². The van der Waals surface area contributed by atoms with Gasteiger partial charge in [0, 0.05) is 6.54 Å². The summed E-state index contributed by atoms with van der Waals surface area (Å²) in [6.45, 7) is 4.28. The molecule has 2 amide bonds. The summed E-state index contributed by atoms with van der Waals surface area (Å²) < 4.78 is 5.39. The van der Waals surface area contributed by atoms with Crippen LogP contribution in [-0.2, 0) is 4.79 Å². The Hall–Kier alpha value is -2.24. The van der Waals surface area contributed by atoms with Crippen LogP contribution in [0, 0.1) is 5.92 Å². The molecule has 1 unspecified atom stereocenters. The number of carbonyl (C=O) groups excluding carboxylic acids is 1. The molecule has 0 spiro atoms. The molecule has 0 aliphatic heterocycles. The van der Waals surface area contributed by atoms with Gasteiger partial charge in [0.1, 0.15) is 5.75 Å². The Morgan fingerprint density at radius 1 is 1.35 bits per heavy atom. The number of urea groups is 1. The highest BCUT2D eigenvalue weighted by Gasteiger charge is 2.11. The van der Waals surface area contributed by atoms with Crippen molar-refractivity contribution in [3.63, 3.8) is 0 Å². The maximum atomic E-state index is 11.7. The van der Waals surface area contributed by atoms with E-state index in [4.69, 9.17) is 9.84 Å². The average Bonchev–Trinajstić information content (AvgIpc) is 2.41. The Labute approximate surface area is 118 Å². The van der Waals surface area contributed by atoms with E-state index in [2.05, 4.69) is 10.6 Å². The van der Waals surface area contributed by atoms with E-state index in [0.717, 1.165) is 0 Å². The van der Waals surface area contributed by atoms with Crippen molar-refractivity contribution in [3.8, 4) is 5.75 Å². The van der Waals surface area contributed by atoms with Crippen molar-refractivity contribution in [2.75, 3.05) is 18.5 Å². The van der Waals surface area contributed by atoms with Crippen molar-refractivity contribution in [3.05, 3.63) is 24.3 Å². The van der Waals surface area contributed by atoms with Crippen LogP contribution < -0.4 is 15.4 Å². The van der Waals surface area contributed by atoms with Crippen molar-refractivity contribution in [2.24, 2.45) is 5.92 Å². The van der Waals surface area contributed by atoms with Gasteiger partial charge in [-0.3, -0.25) is 4.79 Å². The second-order valence-corrected chi connectivity index (χ2v) is 4.34. The number of carboxylic acid groups (broad SMARTS) is 1.